The first-order valence-corrected chi connectivity index (χ1v) is 6.75. The molecule has 0 spiro atoms. The molecule has 2 atom stereocenters. The summed E-state index contributed by atoms with van der Waals surface area (Å²) in [5.74, 6) is 1.26. The predicted octanol–water partition coefficient (Wildman–Crippen LogP) is 2.61. The van der Waals surface area contributed by atoms with Crippen LogP contribution in [0.15, 0.2) is 18.2 Å². The van der Waals surface area contributed by atoms with Crippen molar-refractivity contribution in [2.75, 3.05) is 7.11 Å². The van der Waals surface area contributed by atoms with Gasteiger partial charge in [0.1, 0.15) is 23.7 Å². The Bertz CT molecular complexity index is 468. The molecule has 1 aromatic carbocycles. The third kappa shape index (κ3) is 3.39. The fourth-order valence-corrected chi connectivity index (χ4v) is 2.43. The fraction of sp³-hybridized carbons (Fsp3) is 0.533. The molecule has 1 aromatic rings. The summed E-state index contributed by atoms with van der Waals surface area (Å²) >= 11 is 0. The molecule has 0 bridgehead atoms. The molecule has 102 valence electrons. The maximum atomic E-state index is 9.13. The highest BCUT2D eigenvalue weighted by atomic mass is 16.5. The van der Waals surface area contributed by atoms with Crippen LogP contribution in [0.3, 0.4) is 0 Å². The number of benzene rings is 1. The van der Waals surface area contributed by atoms with E-state index >= 15 is 0 Å². The maximum absolute atomic E-state index is 9.13. The van der Waals surface area contributed by atoms with Crippen LogP contribution in [0.5, 0.6) is 11.5 Å². The molecule has 2 N–H and O–H groups in total. The number of ether oxygens (including phenoxy) is 2. The van der Waals surface area contributed by atoms with Gasteiger partial charge in [0.25, 0.3) is 0 Å². The molecule has 0 radical (unpaired) electrons. The summed E-state index contributed by atoms with van der Waals surface area (Å²) in [4.78, 5) is 0. The minimum atomic E-state index is -0.0123. The van der Waals surface area contributed by atoms with Crippen molar-refractivity contribution >= 4 is 0 Å². The van der Waals surface area contributed by atoms with Gasteiger partial charge in [-0.05, 0) is 31.4 Å². The van der Waals surface area contributed by atoms with Gasteiger partial charge in [0.05, 0.1) is 12.7 Å². The van der Waals surface area contributed by atoms with E-state index in [1.165, 1.54) is 6.42 Å². The Labute approximate surface area is 114 Å². The van der Waals surface area contributed by atoms with Crippen LogP contribution >= 0.6 is 0 Å². The molecule has 1 saturated carbocycles. The highest BCUT2D eigenvalue weighted by Gasteiger charge is 2.23. The molecule has 2 unspecified atom stereocenters. The monoisotopic (exact) mass is 260 g/mol. The first-order chi connectivity index (χ1) is 9.24. The third-order valence-electron chi connectivity index (χ3n) is 3.59. The van der Waals surface area contributed by atoms with Crippen molar-refractivity contribution in [2.24, 2.45) is 5.73 Å². The van der Waals surface area contributed by atoms with E-state index in [2.05, 4.69) is 6.07 Å². The van der Waals surface area contributed by atoms with Gasteiger partial charge in [0.15, 0.2) is 0 Å². The Morgan fingerprint density at radius 3 is 2.79 bits per heavy atom. The highest BCUT2D eigenvalue weighted by Crippen LogP contribution is 2.28. The van der Waals surface area contributed by atoms with E-state index in [9.17, 15) is 0 Å². The quantitative estimate of drug-likeness (QED) is 0.848. The Morgan fingerprint density at radius 1 is 1.26 bits per heavy atom. The number of nitrogens with zero attached hydrogens (tertiary/aromatic N) is 1. The van der Waals surface area contributed by atoms with E-state index in [1.54, 1.807) is 25.3 Å². The lowest BCUT2D eigenvalue weighted by atomic mass is 10.1. The van der Waals surface area contributed by atoms with Crippen LogP contribution in [-0.2, 0) is 0 Å². The number of hydrogen-bond donors (Lipinski definition) is 1. The van der Waals surface area contributed by atoms with Crippen LogP contribution < -0.4 is 15.2 Å². The second-order valence-corrected chi connectivity index (χ2v) is 4.93. The minimum absolute atomic E-state index is 0.0123. The molecule has 19 heavy (non-hydrogen) atoms. The van der Waals surface area contributed by atoms with Crippen LogP contribution in [-0.4, -0.2) is 19.3 Å². The van der Waals surface area contributed by atoms with Crippen molar-refractivity contribution in [3.05, 3.63) is 23.8 Å². The topological polar surface area (TPSA) is 68.3 Å². The van der Waals surface area contributed by atoms with E-state index in [0.717, 1.165) is 25.7 Å². The SMILES string of the molecule is COc1ccc(C#N)c(OC2CCCCCC2N)c1. The van der Waals surface area contributed by atoms with Gasteiger partial charge < -0.3 is 15.2 Å². The molecule has 0 aromatic heterocycles. The molecule has 0 amide bonds. The minimum Gasteiger partial charge on any atom is -0.497 e. The zero-order valence-corrected chi connectivity index (χ0v) is 11.3. The maximum Gasteiger partial charge on any atom is 0.141 e. The van der Waals surface area contributed by atoms with Gasteiger partial charge >= 0.3 is 0 Å². The van der Waals surface area contributed by atoms with Crippen molar-refractivity contribution in [3.63, 3.8) is 0 Å². The third-order valence-corrected chi connectivity index (χ3v) is 3.59. The summed E-state index contributed by atoms with van der Waals surface area (Å²) in [6.45, 7) is 0. The highest BCUT2D eigenvalue weighted by molar-refractivity contribution is 5.47. The van der Waals surface area contributed by atoms with Crippen molar-refractivity contribution in [1.82, 2.24) is 0 Å². The molecule has 0 saturated heterocycles. The van der Waals surface area contributed by atoms with E-state index in [4.69, 9.17) is 20.5 Å². The number of rotatable bonds is 3. The molecular weight excluding hydrogens is 240 g/mol. The van der Waals surface area contributed by atoms with Crippen molar-refractivity contribution < 1.29 is 9.47 Å². The standard InChI is InChI=1S/C15H20N2O2/c1-18-12-8-7-11(10-16)15(9-12)19-14-6-4-2-3-5-13(14)17/h7-9,13-14H,2-6,17H2,1H3. The zero-order chi connectivity index (χ0) is 13.7. The normalized spacial score (nSPS) is 23.2. The lowest BCUT2D eigenvalue weighted by Gasteiger charge is -2.23. The van der Waals surface area contributed by atoms with Crippen LogP contribution in [0.25, 0.3) is 0 Å². The van der Waals surface area contributed by atoms with Crippen molar-refractivity contribution in [3.8, 4) is 17.6 Å². The smallest absolute Gasteiger partial charge is 0.141 e. The molecular formula is C15H20N2O2. The second-order valence-electron chi connectivity index (χ2n) is 4.93. The average Bonchev–Trinajstić information content (AvgIpc) is 2.64. The summed E-state index contributed by atoms with van der Waals surface area (Å²) in [6, 6.07) is 7.43. The molecule has 4 heteroatoms. The van der Waals surface area contributed by atoms with Gasteiger partial charge in [-0.15, -0.1) is 0 Å². The lowest BCUT2D eigenvalue weighted by Crippen LogP contribution is -2.38. The van der Waals surface area contributed by atoms with Gasteiger partial charge in [-0.2, -0.15) is 5.26 Å². The Hall–Kier alpha value is -1.73. The average molecular weight is 260 g/mol. The van der Waals surface area contributed by atoms with Crippen molar-refractivity contribution in [2.45, 2.75) is 44.2 Å². The Balaban J connectivity index is 2.18. The van der Waals surface area contributed by atoms with Gasteiger partial charge in [-0.1, -0.05) is 12.8 Å². The fourth-order valence-electron chi connectivity index (χ4n) is 2.43. The van der Waals surface area contributed by atoms with Gasteiger partial charge in [0, 0.05) is 12.1 Å². The summed E-state index contributed by atoms with van der Waals surface area (Å²) in [5, 5.41) is 9.13. The molecule has 1 fully saturated rings. The van der Waals surface area contributed by atoms with Crippen LogP contribution in [0, 0.1) is 11.3 Å². The number of methoxy groups -OCH3 is 1. The summed E-state index contributed by atoms with van der Waals surface area (Å²) in [5.41, 5.74) is 6.67. The van der Waals surface area contributed by atoms with E-state index in [-0.39, 0.29) is 12.1 Å². The van der Waals surface area contributed by atoms with E-state index < -0.39 is 0 Å². The summed E-state index contributed by atoms with van der Waals surface area (Å²) in [6.07, 6.45) is 5.41. The Morgan fingerprint density at radius 2 is 2.05 bits per heavy atom. The van der Waals surface area contributed by atoms with E-state index in [1.807, 2.05) is 0 Å². The van der Waals surface area contributed by atoms with E-state index in [0.29, 0.717) is 17.1 Å². The zero-order valence-electron chi connectivity index (χ0n) is 11.3. The number of hydrogen-bond acceptors (Lipinski definition) is 4. The first kappa shape index (κ1) is 13.7. The van der Waals surface area contributed by atoms with Crippen molar-refractivity contribution in [1.29, 1.82) is 5.26 Å². The first-order valence-electron chi connectivity index (χ1n) is 6.75. The molecule has 0 heterocycles. The number of nitrogens with two attached hydrogens (primary N) is 1. The summed E-state index contributed by atoms with van der Waals surface area (Å²) in [7, 11) is 1.60. The van der Waals surface area contributed by atoms with Gasteiger partial charge in [0.2, 0.25) is 0 Å². The van der Waals surface area contributed by atoms with Crippen LogP contribution in [0.2, 0.25) is 0 Å². The molecule has 4 nitrogen and oxygen atoms in total. The molecule has 1 aliphatic rings. The largest absolute Gasteiger partial charge is 0.497 e. The predicted molar refractivity (Wildman–Crippen MR) is 73.2 cm³/mol. The van der Waals surface area contributed by atoms with Crippen LogP contribution in [0.4, 0.5) is 0 Å². The number of nitriles is 1. The lowest BCUT2D eigenvalue weighted by molar-refractivity contribution is 0.162. The Kier molecular flexibility index (Phi) is 4.64. The van der Waals surface area contributed by atoms with Gasteiger partial charge in [-0.3, -0.25) is 0 Å². The summed E-state index contributed by atoms with van der Waals surface area (Å²) < 4.78 is 11.2. The van der Waals surface area contributed by atoms with Gasteiger partial charge in [-0.25, -0.2) is 0 Å². The molecule has 0 aliphatic heterocycles. The van der Waals surface area contributed by atoms with Crippen LogP contribution in [0.1, 0.15) is 37.7 Å². The second kappa shape index (κ2) is 6.44. The molecule has 2 rings (SSSR count). The molecule has 1 aliphatic carbocycles.